The molecule has 0 aliphatic heterocycles. The van der Waals surface area contributed by atoms with Gasteiger partial charge in [0.15, 0.2) is 55.8 Å². The third-order valence-electron chi connectivity index (χ3n) is 9.80. The fraction of sp³-hybridized carbons (Fsp3) is 0.375. The van der Waals surface area contributed by atoms with Crippen LogP contribution in [-0.4, -0.2) is 189 Å². The second-order valence-electron chi connectivity index (χ2n) is 15.5. The highest BCUT2D eigenvalue weighted by atomic mass is 16.5. The van der Waals surface area contributed by atoms with Gasteiger partial charge in [0.2, 0.25) is 29.7 Å². The van der Waals surface area contributed by atoms with Crippen molar-refractivity contribution in [2.75, 3.05) is 94.7 Å². The standard InChI is InChI=1S/5C8H11N5O3/c5*9-8-11-6-5(7(15)12-8)10-3-13(6)4-16-2-1-14/h5*3,14H,1-2,4H2,(H3,9,11,12,15). The van der Waals surface area contributed by atoms with E-state index in [-0.39, 0.29) is 185 Å². The Labute approximate surface area is 443 Å². The number of imidazole rings is 5. The first-order valence-corrected chi connectivity index (χ1v) is 23.1. The summed E-state index contributed by atoms with van der Waals surface area (Å²) in [7, 11) is 0. The number of ether oxygens (including phenoxy) is 5. The van der Waals surface area contributed by atoms with Crippen LogP contribution in [0.4, 0.5) is 29.7 Å². The monoisotopic (exact) mass is 1130 g/mol. The largest absolute Gasteiger partial charge is 0.394 e. The summed E-state index contributed by atoms with van der Waals surface area (Å²) >= 11 is 0. The van der Waals surface area contributed by atoms with Crippen LogP contribution in [0.5, 0.6) is 0 Å². The molecule has 0 aliphatic rings. The fourth-order valence-corrected chi connectivity index (χ4v) is 6.46. The maximum absolute atomic E-state index is 11.4. The maximum Gasteiger partial charge on any atom is 0.280 e. The molecule has 10 aromatic heterocycles. The summed E-state index contributed by atoms with van der Waals surface area (Å²) in [5, 5.41) is 42.8. The second-order valence-corrected chi connectivity index (χ2v) is 15.5. The highest BCUT2D eigenvalue weighted by Gasteiger charge is 2.13. The van der Waals surface area contributed by atoms with Gasteiger partial charge in [-0.2, -0.15) is 24.9 Å². The molecule has 0 radical (unpaired) electrons. The normalized spacial score (nSPS) is 11.1. The van der Waals surface area contributed by atoms with E-state index in [4.69, 9.17) is 77.9 Å². The van der Waals surface area contributed by atoms with Crippen molar-refractivity contribution in [1.29, 1.82) is 0 Å². The Morgan fingerprint density at radius 3 is 0.637 bits per heavy atom. The number of aromatic nitrogens is 20. The predicted octanol–water partition coefficient (Wildman–Crippen LogP) is -6.66. The number of nitrogens with zero attached hydrogens (tertiary/aromatic N) is 15. The van der Waals surface area contributed by atoms with Gasteiger partial charge in [-0.1, -0.05) is 0 Å². The van der Waals surface area contributed by atoms with Gasteiger partial charge in [-0.15, -0.1) is 0 Å². The van der Waals surface area contributed by atoms with E-state index in [0.717, 1.165) is 0 Å². The molecule has 0 spiro atoms. The number of fused-ring (bicyclic) bond motifs is 5. The van der Waals surface area contributed by atoms with Gasteiger partial charge < -0.3 is 77.9 Å². The van der Waals surface area contributed by atoms with E-state index in [1.54, 1.807) is 0 Å². The highest BCUT2D eigenvalue weighted by molar-refractivity contribution is 5.73. The van der Waals surface area contributed by atoms with E-state index in [1.165, 1.54) is 54.5 Å². The number of nitrogens with two attached hydrogens (primary N) is 5. The molecule has 0 saturated heterocycles. The predicted molar refractivity (Wildman–Crippen MR) is 278 cm³/mol. The summed E-state index contributed by atoms with van der Waals surface area (Å²) in [6.45, 7) is 1.50. The van der Waals surface area contributed by atoms with Gasteiger partial charge in [-0.25, -0.2) is 24.9 Å². The molecule has 20 N–H and O–H groups in total. The molecule has 40 nitrogen and oxygen atoms in total. The minimum atomic E-state index is -0.386. The van der Waals surface area contributed by atoms with Gasteiger partial charge in [-0.3, -0.25) is 71.7 Å². The topological polar surface area (TPSA) is 595 Å². The fourth-order valence-electron chi connectivity index (χ4n) is 6.46. The van der Waals surface area contributed by atoms with Crippen molar-refractivity contribution in [2.24, 2.45) is 0 Å². The Hall–Kier alpha value is -9.65. The van der Waals surface area contributed by atoms with E-state index < -0.39 is 0 Å². The smallest absolute Gasteiger partial charge is 0.280 e. The summed E-state index contributed by atoms with van der Waals surface area (Å²) in [6.07, 6.45) is 7.17. The molecule has 10 heterocycles. The molecular formula is C40H55N25O15. The lowest BCUT2D eigenvalue weighted by atomic mass is 10.5. The second kappa shape index (κ2) is 29.2. The molecule has 0 aromatic carbocycles. The Balaban J connectivity index is 0.000000161. The number of hydrogen-bond acceptors (Lipinski definition) is 30. The molecular weight excluding hydrogens is 1070 g/mol. The molecule has 430 valence electrons. The van der Waals surface area contributed by atoms with Crippen molar-refractivity contribution in [1.82, 2.24) is 97.6 Å². The van der Waals surface area contributed by atoms with Crippen LogP contribution in [0, 0.1) is 0 Å². The van der Waals surface area contributed by atoms with E-state index in [1.807, 2.05) is 0 Å². The molecule has 0 saturated carbocycles. The van der Waals surface area contributed by atoms with Crippen LogP contribution in [0.1, 0.15) is 0 Å². The zero-order valence-electron chi connectivity index (χ0n) is 41.9. The van der Waals surface area contributed by atoms with Crippen LogP contribution >= 0.6 is 0 Å². The Bertz CT molecular complexity index is 3310. The Morgan fingerprint density at radius 2 is 0.487 bits per heavy atom. The average molecular weight is 1130 g/mol. The number of nitrogens with one attached hydrogen (secondary N) is 5. The zero-order chi connectivity index (χ0) is 57.7. The maximum atomic E-state index is 11.4. The first-order chi connectivity index (χ1) is 38.6. The molecule has 0 aliphatic carbocycles. The number of anilines is 5. The van der Waals surface area contributed by atoms with Crippen LogP contribution < -0.4 is 56.5 Å². The van der Waals surface area contributed by atoms with E-state index in [0.29, 0.717) is 28.2 Å². The van der Waals surface area contributed by atoms with Crippen molar-refractivity contribution in [2.45, 2.75) is 33.7 Å². The number of H-pyrrole nitrogens is 5. The number of nitrogen functional groups attached to an aromatic ring is 5. The highest BCUT2D eigenvalue weighted by Crippen LogP contribution is 2.10. The minimum Gasteiger partial charge on any atom is -0.394 e. The lowest BCUT2D eigenvalue weighted by molar-refractivity contribution is 0.0499. The summed E-state index contributed by atoms with van der Waals surface area (Å²) in [6, 6.07) is 0. The lowest BCUT2D eigenvalue weighted by Gasteiger charge is -2.03. The molecule has 0 bridgehead atoms. The third-order valence-corrected chi connectivity index (χ3v) is 9.80. The van der Waals surface area contributed by atoms with Gasteiger partial charge in [0.05, 0.1) is 97.7 Å². The van der Waals surface area contributed by atoms with Gasteiger partial charge in [-0.05, 0) is 0 Å². The van der Waals surface area contributed by atoms with Crippen LogP contribution in [0.2, 0.25) is 0 Å². The van der Waals surface area contributed by atoms with Crippen LogP contribution in [-0.2, 0) is 57.3 Å². The summed E-state index contributed by atoms with van der Waals surface area (Å²) in [5.74, 6) is 0.145. The SMILES string of the molecule is Nc1nc2c(ncn2COCCO)c(=O)[nH]1.Nc1nc2c(ncn2COCCO)c(=O)[nH]1.Nc1nc2c(ncn2COCCO)c(=O)[nH]1.Nc1nc2c(ncn2COCCO)c(=O)[nH]1.Nc1nc2c(ncn2COCCO)c(=O)[nH]1. The Morgan fingerprint density at radius 1 is 0.325 bits per heavy atom. The summed E-state index contributed by atoms with van der Waals surface area (Å²) < 4.78 is 33.2. The van der Waals surface area contributed by atoms with Crippen molar-refractivity contribution < 1.29 is 49.2 Å². The number of aliphatic hydroxyl groups is 5. The molecule has 0 atom stereocenters. The third kappa shape index (κ3) is 15.7. The molecule has 0 amide bonds. The molecule has 0 unspecified atom stereocenters. The van der Waals surface area contributed by atoms with Crippen LogP contribution in [0.25, 0.3) is 55.8 Å². The van der Waals surface area contributed by atoms with Crippen molar-refractivity contribution >= 4 is 85.6 Å². The number of rotatable bonds is 20. The van der Waals surface area contributed by atoms with Gasteiger partial charge in [0.1, 0.15) is 33.7 Å². The quantitative estimate of drug-likeness (QED) is 0.0316. The molecule has 40 heteroatoms. The molecule has 0 fully saturated rings. The average Bonchev–Trinajstić information content (AvgIpc) is 4.33. The Kier molecular flexibility index (Phi) is 21.7. The molecule has 10 aromatic rings. The summed E-state index contributed by atoms with van der Waals surface area (Å²) in [4.78, 5) is 108. The van der Waals surface area contributed by atoms with Crippen molar-refractivity contribution in [3.05, 3.63) is 83.4 Å². The van der Waals surface area contributed by atoms with E-state index in [2.05, 4.69) is 74.8 Å². The van der Waals surface area contributed by atoms with Gasteiger partial charge in [0.25, 0.3) is 27.8 Å². The minimum absolute atomic E-state index is 0.0291. The number of hydrogen-bond donors (Lipinski definition) is 15. The van der Waals surface area contributed by atoms with Crippen molar-refractivity contribution in [3.63, 3.8) is 0 Å². The van der Waals surface area contributed by atoms with Crippen LogP contribution in [0.3, 0.4) is 0 Å². The molecule has 80 heavy (non-hydrogen) atoms. The van der Waals surface area contributed by atoms with Crippen molar-refractivity contribution in [3.8, 4) is 0 Å². The first kappa shape index (κ1) is 59.6. The molecule has 10 rings (SSSR count). The van der Waals surface area contributed by atoms with Gasteiger partial charge in [0, 0.05) is 0 Å². The number of aromatic amines is 5. The van der Waals surface area contributed by atoms with Gasteiger partial charge >= 0.3 is 0 Å². The van der Waals surface area contributed by atoms with Crippen LogP contribution in [0.15, 0.2) is 55.6 Å². The van der Waals surface area contributed by atoms with E-state index in [9.17, 15) is 24.0 Å². The summed E-state index contributed by atoms with van der Waals surface area (Å²) in [5.41, 5.74) is 28.0. The first-order valence-electron chi connectivity index (χ1n) is 23.1. The number of aliphatic hydroxyl groups excluding tert-OH is 5. The lowest BCUT2D eigenvalue weighted by Crippen LogP contribution is -2.13. The van der Waals surface area contributed by atoms with E-state index >= 15 is 0 Å². The zero-order valence-corrected chi connectivity index (χ0v) is 41.9.